The maximum Gasteiger partial charge on any atom is 0.254 e. The Hall–Kier alpha value is -3.16. The Morgan fingerprint density at radius 3 is 2.87 bits per heavy atom. The largest absolute Gasteiger partial charge is 0.340 e. The minimum Gasteiger partial charge on any atom is -0.340 e. The lowest BCUT2D eigenvalue weighted by molar-refractivity contribution is -0.118. The van der Waals surface area contributed by atoms with E-state index >= 15 is 0 Å². The van der Waals surface area contributed by atoms with Gasteiger partial charge in [0.05, 0.1) is 23.1 Å². The van der Waals surface area contributed by atoms with Crippen molar-refractivity contribution in [3.05, 3.63) is 42.2 Å². The monoisotopic (exact) mass is 313 g/mol. The van der Waals surface area contributed by atoms with Crippen molar-refractivity contribution >= 4 is 29.1 Å². The van der Waals surface area contributed by atoms with E-state index in [1.165, 1.54) is 6.20 Å². The Balaban J connectivity index is 1.62. The summed E-state index contributed by atoms with van der Waals surface area (Å²) in [6, 6.07) is 6.01. The highest BCUT2D eigenvalue weighted by molar-refractivity contribution is 6.09. The van der Waals surface area contributed by atoms with Gasteiger partial charge in [-0.05, 0) is 18.6 Å². The molecule has 3 amide bonds. The fourth-order valence-corrected chi connectivity index (χ4v) is 2.33. The number of aromatic nitrogens is 2. The predicted molar refractivity (Wildman–Crippen MR) is 82.8 cm³/mol. The van der Waals surface area contributed by atoms with E-state index in [4.69, 9.17) is 0 Å². The topological polar surface area (TPSA) is 116 Å². The van der Waals surface area contributed by atoms with Gasteiger partial charge in [0.25, 0.3) is 5.91 Å². The van der Waals surface area contributed by atoms with Crippen LogP contribution in [0.2, 0.25) is 0 Å². The number of aromatic amines is 1. The Morgan fingerprint density at radius 1 is 1.26 bits per heavy atom. The summed E-state index contributed by atoms with van der Waals surface area (Å²) in [5.74, 6) is -0.922. The third-order valence-electron chi connectivity index (χ3n) is 3.49. The van der Waals surface area contributed by atoms with Crippen molar-refractivity contribution in [1.29, 1.82) is 0 Å². The van der Waals surface area contributed by atoms with Gasteiger partial charge in [0.2, 0.25) is 11.8 Å². The van der Waals surface area contributed by atoms with Crippen molar-refractivity contribution in [1.82, 2.24) is 15.5 Å². The van der Waals surface area contributed by atoms with E-state index in [1.54, 1.807) is 30.5 Å². The highest BCUT2D eigenvalue weighted by Crippen LogP contribution is 2.19. The maximum absolute atomic E-state index is 12.2. The average Bonchev–Trinajstić information content (AvgIpc) is 3.00. The maximum atomic E-state index is 12.2. The molecule has 1 aliphatic heterocycles. The number of amides is 3. The van der Waals surface area contributed by atoms with Gasteiger partial charge >= 0.3 is 0 Å². The van der Waals surface area contributed by atoms with Crippen LogP contribution >= 0.6 is 0 Å². The highest BCUT2D eigenvalue weighted by atomic mass is 16.2. The quantitative estimate of drug-likeness (QED) is 0.670. The summed E-state index contributed by atoms with van der Waals surface area (Å²) in [5.41, 5.74) is 1.43. The van der Waals surface area contributed by atoms with Crippen molar-refractivity contribution in [2.45, 2.75) is 18.9 Å². The molecule has 0 aliphatic carbocycles. The Kier molecular flexibility index (Phi) is 4.05. The van der Waals surface area contributed by atoms with Gasteiger partial charge in [-0.25, -0.2) is 0 Å². The first-order valence-electron chi connectivity index (χ1n) is 7.13. The van der Waals surface area contributed by atoms with Crippen LogP contribution in [0, 0.1) is 0 Å². The molecule has 3 rings (SSSR count). The molecule has 2 heterocycles. The summed E-state index contributed by atoms with van der Waals surface area (Å²) in [6.07, 6.45) is 3.33. The zero-order chi connectivity index (χ0) is 16.2. The molecule has 23 heavy (non-hydrogen) atoms. The molecule has 0 saturated heterocycles. The Bertz CT molecular complexity index is 741. The van der Waals surface area contributed by atoms with Gasteiger partial charge in [-0.2, -0.15) is 5.10 Å². The van der Waals surface area contributed by atoms with Gasteiger partial charge in [0.1, 0.15) is 6.04 Å². The zero-order valence-corrected chi connectivity index (χ0v) is 12.1. The van der Waals surface area contributed by atoms with Gasteiger partial charge in [-0.3, -0.25) is 19.5 Å². The Morgan fingerprint density at radius 2 is 2.09 bits per heavy atom. The number of fused-ring (bicyclic) bond motifs is 1. The van der Waals surface area contributed by atoms with Crippen molar-refractivity contribution < 1.29 is 14.4 Å². The molecule has 0 unspecified atom stereocenters. The number of H-pyrrole nitrogens is 1. The SMILES string of the molecule is O=C(CC[C@H]1NC(=O)c2ccccc2NC1=O)Nc1cn[nH]c1. The van der Waals surface area contributed by atoms with E-state index < -0.39 is 6.04 Å². The normalized spacial score (nSPS) is 16.8. The number of nitrogens with one attached hydrogen (secondary N) is 4. The number of rotatable bonds is 4. The molecule has 2 aromatic rings. The van der Waals surface area contributed by atoms with E-state index in [0.717, 1.165) is 0 Å². The summed E-state index contributed by atoms with van der Waals surface area (Å²) in [7, 11) is 0. The van der Waals surface area contributed by atoms with Crippen LogP contribution in [0.1, 0.15) is 23.2 Å². The molecule has 0 fully saturated rings. The number of carbonyl (C=O) groups is 3. The van der Waals surface area contributed by atoms with Gasteiger partial charge in [0.15, 0.2) is 0 Å². The van der Waals surface area contributed by atoms with Crippen LogP contribution in [0.5, 0.6) is 0 Å². The lowest BCUT2D eigenvalue weighted by Crippen LogP contribution is -2.41. The fourth-order valence-electron chi connectivity index (χ4n) is 2.33. The molecule has 1 aromatic heterocycles. The molecule has 1 aromatic carbocycles. The molecule has 1 aliphatic rings. The second-order valence-corrected chi connectivity index (χ2v) is 5.13. The third-order valence-corrected chi connectivity index (χ3v) is 3.49. The molecule has 0 saturated carbocycles. The van der Waals surface area contributed by atoms with Crippen LogP contribution in [0.3, 0.4) is 0 Å². The van der Waals surface area contributed by atoms with Gasteiger partial charge in [-0.1, -0.05) is 12.1 Å². The van der Waals surface area contributed by atoms with Gasteiger partial charge in [0, 0.05) is 12.6 Å². The third kappa shape index (κ3) is 3.37. The second-order valence-electron chi connectivity index (χ2n) is 5.13. The van der Waals surface area contributed by atoms with Crippen LogP contribution in [-0.4, -0.2) is 34.0 Å². The van der Waals surface area contributed by atoms with E-state index in [-0.39, 0.29) is 30.6 Å². The summed E-state index contributed by atoms with van der Waals surface area (Å²) in [5, 5.41) is 14.3. The van der Waals surface area contributed by atoms with Crippen LogP contribution in [0.4, 0.5) is 11.4 Å². The minimum absolute atomic E-state index is 0.0971. The molecular weight excluding hydrogens is 298 g/mol. The molecule has 8 nitrogen and oxygen atoms in total. The Labute approximate surface area is 131 Å². The lowest BCUT2D eigenvalue weighted by atomic mass is 10.1. The molecule has 1 atom stereocenters. The number of anilines is 2. The smallest absolute Gasteiger partial charge is 0.254 e. The van der Waals surface area contributed by atoms with Crippen LogP contribution < -0.4 is 16.0 Å². The highest BCUT2D eigenvalue weighted by Gasteiger charge is 2.27. The summed E-state index contributed by atoms with van der Waals surface area (Å²) >= 11 is 0. The van der Waals surface area contributed by atoms with Crippen LogP contribution in [0.25, 0.3) is 0 Å². The standard InChI is InChI=1S/C15H15N5O3/c21-13(18-9-7-16-17-8-9)6-5-12-15(23)19-11-4-2-1-3-10(11)14(22)20-12/h1-4,7-8,12H,5-6H2,(H,16,17)(H,18,21)(H,19,23)(H,20,22)/t12-/m1/s1. The molecule has 0 bridgehead atoms. The molecule has 0 radical (unpaired) electrons. The number of carbonyl (C=O) groups excluding carboxylic acids is 3. The lowest BCUT2D eigenvalue weighted by Gasteiger charge is -2.14. The number of hydrogen-bond acceptors (Lipinski definition) is 4. The molecular formula is C15H15N5O3. The van der Waals surface area contributed by atoms with E-state index in [1.807, 2.05) is 0 Å². The van der Waals surface area contributed by atoms with Crippen LogP contribution in [-0.2, 0) is 9.59 Å². The van der Waals surface area contributed by atoms with Crippen molar-refractivity contribution in [2.24, 2.45) is 0 Å². The molecule has 0 spiro atoms. The first-order chi connectivity index (χ1) is 11.1. The minimum atomic E-state index is -0.759. The van der Waals surface area contributed by atoms with Crippen molar-refractivity contribution in [3.8, 4) is 0 Å². The van der Waals surface area contributed by atoms with Gasteiger partial charge < -0.3 is 16.0 Å². The number of hydrogen-bond donors (Lipinski definition) is 4. The van der Waals surface area contributed by atoms with Crippen molar-refractivity contribution in [3.63, 3.8) is 0 Å². The number of nitrogens with zero attached hydrogens (tertiary/aromatic N) is 1. The first kappa shape index (κ1) is 14.8. The van der Waals surface area contributed by atoms with E-state index in [0.29, 0.717) is 16.9 Å². The van der Waals surface area contributed by atoms with Gasteiger partial charge in [-0.15, -0.1) is 0 Å². The molecule has 8 heteroatoms. The molecule has 118 valence electrons. The second kappa shape index (κ2) is 6.30. The number of para-hydroxylation sites is 1. The van der Waals surface area contributed by atoms with E-state index in [2.05, 4.69) is 26.1 Å². The predicted octanol–water partition coefficient (Wildman–Crippen LogP) is 0.879. The number of benzene rings is 1. The molecule has 4 N–H and O–H groups in total. The first-order valence-corrected chi connectivity index (χ1v) is 7.13. The summed E-state index contributed by atoms with van der Waals surface area (Å²) in [6.45, 7) is 0. The average molecular weight is 313 g/mol. The van der Waals surface area contributed by atoms with Crippen molar-refractivity contribution in [2.75, 3.05) is 10.6 Å². The summed E-state index contributed by atoms with van der Waals surface area (Å²) < 4.78 is 0. The van der Waals surface area contributed by atoms with Crippen LogP contribution in [0.15, 0.2) is 36.7 Å². The zero-order valence-electron chi connectivity index (χ0n) is 12.1. The van der Waals surface area contributed by atoms with E-state index in [9.17, 15) is 14.4 Å². The fraction of sp³-hybridized carbons (Fsp3) is 0.200. The summed E-state index contributed by atoms with van der Waals surface area (Å²) in [4.78, 5) is 36.2.